The number of methoxy groups -OCH3 is 1. The van der Waals surface area contributed by atoms with Crippen molar-refractivity contribution in [2.45, 2.75) is 32.3 Å². The molecular formula is C19H25N3O. The van der Waals surface area contributed by atoms with Crippen LogP contribution in [0.5, 0.6) is 0 Å². The van der Waals surface area contributed by atoms with E-state index in [1.165, 1.54) is 12.0 Å². The first-order valence-electron chi connectivity index (χ1n) is 8.05. The van der Waals surface area contributed by atoms with E-state index in [2.05, 4.69) is 66.1 Å². The summed E-state index contributed by atoms with van der Waals surface area (Å²) in [5.74, 6) is 0.949. The normalized spacial score (nSPS) is 21.9. The molecule has 0 unspecified atom stereocenters. The van der Waals surface area contributed by atoms with Crippen LogP contribution in [0.1, 0.15) is 31.5 Å². The molecule has 122 valence electrons. The summed E-state index contributed by atoms with van der Waals surface area (Å²) in [7, 11) is 3.79. The van der Waals surface area contributed by atoms with Gasteiger partial charge >= 0.3 is 0 Å². The van der Waals surface area contributed by atoms with Crippen LogP contribution < -0.4 is 4.90 Å². The Hall–Kier alpha value is -1.94. The highest BCUT2D eigenvalue weighted by molar-refractivity contribution is 5.45. The van der Waals surface area contributed by atoms with Gasteiger partial charge in [-0.1, -0.05) is 44.2 Å². The van der Waals surface area contributed by atoms with Crippen LogP contribution in [0.15, 0.2) is 42.7 Å². The van der Waals surface area contributed by atoms with Crippen molar-refractivity contribution in [3.63, 3.8) is 0 Å². The first kappa shape index (κ1) is 15.9. The minimum atomic E-state index is 0.190. The summed E-state index contributed by atoms with van der Waals surface area (Å²) < 4.78 is 5.17. The minimum absolute atomic E-state index is 0.190. The van der Waals surface area contributed by atoms with E-state index >= 15 is 0 Å². The van der Waals surface area contributed by atoms with Crippen molar-refractivity contribution in [2.75, 3.05) is 25.6 Å². The Balaban J connectivity index is 1.83. The van der Waals surface area contributed by atoms with Crippen molar-refractivity contribution >= 4 is 5.82 Å². The number of hydrogen-bond acceptors (Lipinski definition) is 4. The maximum Gasteiger partial charge on any atom is 0.132 e. The first-order chi connectivity index (χ1) is 11.0. The molecule has 3 rings (SSSR count). The summed E-state index contributed by atoms with van der Waals surface area (Å²) in [6.45, 7) is 6.17. The third-order valence-electron chi connectivity index (χ3n) is 5.14. The zero-order chi connectivity index (χ0) is 16.5. The summed E-state index contributed by atoms with van der Waals surface area (Å²) in [6, 6.07) is 12.9. The zero-order valence-electron chi connectivity index (χ0n) is 14.4. The molecule has 23 heavy (non-hydrogen) atoms. The highest BCUT2D eigenvalue weighted by Crippen LogP contribution is 2.64. The molecule has 2 aromatic rings. The molecule has 0 saturated heterocycles. The molecule has 0 radical (unpaired) electrons. The Morgan fingerprint density at radius 3 is 2.48 bits per heavy atom. The van der Waals surface area contributed by atoms with E-state index in [9.17, 15) is 0 Å². The van der Waals surface area contributed by atoms with Gasteiger partial charge in [-0.3, -0.25) is 0 Å². The maximum absolute atomic E-state index is 5.17. The summed E-state index contributed by atoms with van der Waals surface area (Å²) in [5.41, 5.74) is 2.83. The first-order valence-corrected chi connectivity index (χ1v) is 8.05. The van der Waals surface area contributed by atoms with Gasteiger partial charge in [0.05, 0.1) is 12.3 Å². The molecule has 1 aliphatic carbocycles. The Morgan fingerprint density at radius 2 is 1.87 bits per heavy atom. The molecule has 0 amide bonds. The SMILES string of the molecule is COCc1cc(N(C)C[C@@]2(c3ccccc3)CC2(C)C)ncn1. The Kier molecular flexibility index (Phi) is 4.11. The molecule has 1 aromatic carbocycles. The molecule has 0 aliphatic heterocycles. The average Bonchev–Trinajstić information content (AvgIpc) is 3.11. The number of anilines is 1. The number of likely N-dealkylation sites (N-methyl/N-ethyl adjacent to an activating group) is 1. The lowest BCUT2D eigenvalue weighted by atomic mass is 9.87. The number of hydrogen-bond donors (Lipinski definition) is 0. The summed E-state index contributed by atoms with van der Waals surface area (Å²) in [6.07, 6.45) is 2.82. The maximum atomic E-state index is 5.17. The molecule has 1 heterocycles. The quantitative estimate of drug-likeness (QED) is 0.819. The molecule has 1 fully saturated rings. The molecule has 0 bridgehead atoms. The van der Waals surface area contributed by atoms with Gasteiger partial charge in [0.25, 0.3) is 0 Å². The highest BCUT2D eigenvalue weighted by atomic mass is 16.5. The van der Waals surface area contributed by atoms with Crippen LogP contribution in [0.2, 0.25) is 0 Å². The van der Waals surface area contributed by atoms with Crippen LogP contribution in [0.3, 0.4) is 0 Å². The standard InChI is InChI=1S/C19H25N3O/c1-18(2)12-19(18,15-8-6-5-7-9-15)13-22(3)17-10-16(11-23-4)20-14-21-17/h5-10,14H,11-13H2,1-4H3/t19-/m1/s1. The fourth-order valence-corrected chi connectivity index (χ4v) is 3.63. The van der Waals surface area contributed by atoms with Crippen molar-refractivity contribution in [1.29, 1.82) is 0 Å². The van der Waals surface area contributed by atoms with E-state index in [0.717, 1.165) is 18.1 Å². The second-order valence-corrected chi connectivity index (χ2v) is 7.17. The van der Waals surface area contributed by atoms with Crippen LogP contribution in [0.4, 0.5) is 5.82 Å². The topological polar surface area (TPSA) is 38.2 Å². The van der Waals surface area contributed by atoms with E-state index in [4.69, 9.17) is 4.74 Å². The molecule has 1 aliphatic rings. The van der Waals surface area contributed by atoms with E-state index < -0.39 is 0 Å². The van der Waals surface area contributed by atoms with E-state index in [-0.39, 0.29) is 5.41 Å². The van der Waals surface area contributed by atoms with Gasteiger partial charge < -0.3 is 9.64 Å². The van der Waals surface area contributed by atoms with Gasteiger partial charge in [-0.05, 0) is 17.4 Å². The molecule has 0 N–H and O–H groups in total. The summed E-state index contributed by atoms with van der Waals surface area (Å²) >= 11 is 0. The molecular weight excluding hydrogens is 286 g/mol. The number of ether oxygens (including phenoxy) is 1. The number of benzene rings is 1. The summed E-state index contributed by atoms with van der Waals surface area (Å²) in [5, 5.41) is 0. The Bertz CT molecular complexity index is 671. The third kappa shape index (κ3) is 2.95. The van der Waals surface area contributed by atoms with Crippen LogP contribution in [-0.2, 0) is 16.8 Å². The van der Waals surface area contributed by atoms with Gasteiger partial charge in [-0.2, -0.15) is 0 Å². The molecule has 1 atom stereocenters. The van der Waals surface area contributed by atoms with Gasteiger partial charge in [0, 0.05) is 32.2 Å². The third-order valence-corrected chi connectivity index (χ3v) is 5.14. The van der Waals surface area contributed by atoms with Gasteiger partial charge in [-0.25, -0.2) is 9.97 Å². The second kappa shape index (κ2) is 5.93. The van der Waals surface area contributed by atoms with Gasteiger partial charge in [0.15, 0.2) is 0 Å². The van der Waals surface area contributed by atoms with Crippen molar-refractivity contribution < 1.29 is 4.74 Å². The van der Waals surface area contributed by atoms with Gasteiger partial charge in [0.1, 0.15) is 12.1 Å². The molecule has 0 spiro atoms. The predicted octanol–water partition coefficient (Wildman–Crippen LogP) is 3.43. The molecule has 1 aromatic heterocycles. The fraction of sp³-hybridized carbons (Fsp3) is 0.474. The lowest BCUT2D eigenvalue weighted by Gasteiger charge is -2.28. The molecule has 4 nitrogen and oxygen atoms in total. The van der Waals surface area contributed by atoms with Crippen LogP contribution in [-0.4, -0.2) is 30.7 Å². The monoisotopic (exact) mass is 311 g/mol. The van der Waals surface area contributed by atoms with Crippen molar-refractivity contribution in [3.05, 3.63) is 54.0 Å². The van der Waals surface area contributed by atoms with E-state index in [0.29, 0.717) is 12.0 Å². The highest BCUT2D eigenvalue weighted by Gasteiger charge is 2.62. The molecule has 1 saturated carbocycles. The van der Waals surface area contributed by atoms with Crippen molar-refractivity contribution in [2.24, 2.45) is 5.41 Å². The number of rotatable bonds is 6. The van der Waals surface area contributed by atoms with E-state index in [1.807, 2.05) is 6.07 Å². The average molecular weight is 311 g/mol. The second-order valence-electron chi connectivity index (χ2n) is 7.17. The Labute approximate surface area is 138 Å². The largest absolute Gasteiger partial charge is 0.378 e. The minimum Gasteiger partial charge on any atom is -0.378 e. The number of nitrogens with zero attached hydrogens (tertiary/aromatic N) is 3. The fourth-order valence-electron chi connectivity index (χ4n) is 3.63. The van der Waals surface area contributed by atoms with Crippen molar-refractivity contribution in [3.8, 4) is 0 Å². The lowest BCUT2D eigenvalue weighted by Crippen LogP contribution is -2.33. The zero-order valence-corrected chi connectivity index (χ0v) is 14.4. The van der Waals surface area contributed by atoms with Crippen molar-refractivity contribution in [1.82, 2.24) is 9.97 Å². The predicted molar refractivity (Wildman–Crippen MR) is 92.5 cm³/mol. The smallest absolute Gasteiger partial charge is 0.132 e. The van der Waals surface area contributed by atoms with Crippen LogP contribution in [0.25, 0.3) is 0 Å². The van der Waals surface area contributed by atoms with E-state index in [1.54, 1.807) is 13.4 Å². The van der Waals surface area contributed by atoms with Crippen LogP contribution >= 0.6 is 0 Å². The lowest BCUT2D eigenvalue weighted by molar-refractivity contribution is 0.181. The van der Waals surface area contributed by atoms with Gasteiger partial charge in [-0.15, -0.1) is 0 Å². The molecule has 4 heteroatoms. The van der Waals surface area contributed by atoms with Crippen LogP contribution in [0, 0.1) is 5.41 Å². The Morgan fingerprint density at radius 1 is 1.17 bits per heavy atom. The number of aromatic nitrogens is 2. The van der Waals surface area contributed by atoms with Gasteiger partial charge in [0.2, 0.25) is 0 Å². The summed E-state index contributed by atoms with van der Waals surface area (Å²) in [4.78, 5) is 10.9.